The second-order valence-corrected chi connectivity index (χ2v) is 3.20. The molecule has 0 heterocycles. The van der Waals surface area contributed by atoms with Gasteiger partial charge in [-0.1, -0.05) is 30.3 Å². The summed E-state index contributed by atoms with van der Waals surface area (Å²) in [4.78, 5) is 11.3. The molecule has 0 fully saturated rings. The van der Waals surface area contributed by atoms with E-state index >= 15 is 0 Å². The molecule has 76 valence electrons. The molecule has 3 heteroatoms. The molecule has 1 atom stereocenters. The molecule has 1 aromatic carbocycles. The lowest BCUT2D eigenvalue weighted by molar-refractivity contribution is -0.123. The average molecular weight is 193 g/mol. The van der Waals surface area contributed by atoms with Crippen molar-refractivity contribution in [2.45, 2.75) is 12.5 Å². The largest absolute Gasteiger partial charge is 0.377 e. The molecule has 0 radical (unpaired) electrons. The highest BCUT2D eigenvalue weighted by Gasteiger charge is 2.12. The van der Waals surface area contributed by atoms with Gasteiger partial charge in [-0.2, -0.15) is 0 Å². The van der Waals surface area contributed by atoms with E-state index in [9.17, 15) is 4.79 Å². The Morgan fingerprint density at radius 3 is 2.64 bits per heavy atom. The van der Waals surface area contributed by atoms with Crippen molar-refractivity contribution in [2.24, 2.45) is 5.73 Å². The van der Waals surface area contributed by atoms with Gasteiger partial charge in [-0.05, 0) is 12.0 Å². The van der Waals surface area contributed by atoms with Crippen molar-refractivity contribution in [3.63, 3.8) is 0 Å². The van der Waals surface area contributed by atoms with Gasteiger partial charge in [0.1, 0.15) is 6.61 Å². The molecule has 0 aliphatic carbocycles. The number of carbonyl (C=O) groups is 1. The number of hydrogen-bond donors (Lipinski definition) is 1. The number of Topliss-reactive ketones (excluding diaryl/α,β-unsaturated/α-hetero) is 1. The second kappa shape index (κ2) is 5.52. The van der Waals surface area contributed by atoms with Crippen LogP contribution in [0.1, 0.15) is 5.56 Å². The number of hydrogen-bond acceptors (Lipinski definition) is 3. The summed E-state index contributed by atoms with van der Waals surface area (Å²) in [5.41, 5.74) is 6.78. The fraction of sp³-hybridized carbons (Fsp3) is 0.364. The molecule has 1 rings (SSSR count). The summed E-state index contributed by atoms with van der Waals surface area (Å²) < 4.78 is 4.73. The van der Waals surface area contributed by atoms with Crippen LogP contribution < -0.4 is 5.73 Å². The Labute approximate surface area is 83.9 Å². The Morgan fingerprint density at radius 2 is 2.07 bits per heavy atom. The van der Waals surface area contributed by atoms with Crippen molar-refractivity contribution >= 4 is 5.78 Å². The first-order valence-electron chi connectivity index (χ1n) is 4.55. The summed E-state index contributed by atoms with van der Waals surface area (Å²) in [7, 11) is 1.49. The molecular formula is C11H15NO2. The lowest BCUT2D eigenvalue weighted by Gasteiger charge is -2.09. The fourth-order valence-corrected chi connectivity index (χ4v) is 1.23. The van der Waals surface area contributed by atoms with Crippen LogP contribution in [-0.4, -0.2) is 25.5 Å². The van der Waals surface area contributed by atoms with Crippen molar-refractivity contribution in [1.82, 2.24) is 0 Å². The van der Waals surface area contributed by atoms with E-state index in [1.54, 1.807) is 0 Å². The minimum Gasteiger partial charge on any atom is -0.377 e. The quantitative estimate of drug-likeness (QED) is 0.751. The smallest absolute Gasteiger partial charge is 0.175 e. The zero-order chi connectivity index (χ0) is 10.4. The van der Waals surface area contributed by atoms with Crippen LogP contribution in [0.2, 0.25) is 0 Å². The van der Waals surface area contributed by atoms with Gasteiger partial charge in [-0.3, -0.25) is 4.79 Å². The maximum atomic E-state index is 11.3. The van der Waals surface area contributed by atoms with E-state index in [2.05, 4.69) is 0 Å². The average Bonchev–Trinajstić information content (AvgIpc) is 2.19. The third kappa shape index (κ3) is 3.28. The van der Waals surface area contributed by atoms with Gasteiger partial charge < -0.3 is 10.5 Å². The molecule has 0 saturated heterocycles. The van der Waals surface area contributed by atoms with E-state index in [4.69, 9.17) is 10.5 Å². The molecular weight excluding hydrogens is 178 g/mol. The van der Waals surface area contributed by atoms with Crippen LogP contribution in [0.15, 0.2) is 30.3 Å². The van der Waals surface area contributed by atoms with E-state index < -0.39 is 6.04 Å². The van der Waals surface area contributed by atoms with Crippen molar-refractivity contribution < 1.29 is 9.53 Å². The standard InChI is InChI=1S/C11H15NO2/c1-14-8-11(13)10(12)7-9-5-3-2-4-6-9/h2-6,10H,7-8,12H2,1H3/t10-/m0/s1. The second-order valence-electron chi connectivity index (χ2n) is 3.20. The normalized spacial score (nSPS) is 12.4. The molecule has 0 bridgehead atoms. The first-order valence-corrected chi connectivity index (χ1v) is 4.55. The van der Waals surface area contributed by atoms with Crippen LogP contribution in [0.5, 0.6) is 0 Å². The van der Waals surface area contributed by atoms with Gasteiger partial charge >= 0.3 is 0 Å². The van der Waals surface area contributed by atoms with Crippen molar-refractivity contribution in [3.05, 3.63) is 35.9 Å². The van der Waals surface area contributed by atoms with Gasteiger partial charge in [0.15, 0.2) is 5.78 Å². The van der Waals surface area contributed by atoms with Crippen LogP contribution in [0.25, 0.3) is 0 Å². The van der Waals surface area contributed by atoms with Crippen LogP contribution in [0.3, 0.4) is 0 Å². The lowest BCUT2D eigenvalue weighted by atomic mass is 10.0. The lowest BCUT2D eigenvalue weighted by Crippen LogP contribution is -2.35. The fourth-order valence-electron chi connectivity index (χ4n) is 1.23. The van der Waals surface area contributed by atoms with Crippen LogP contribution in [-0.2, 0) is 16.0 Å². The number of methoxy groups -OCH3 is 1. The molecule has 2 N–H and O–H groups in total. The Balaban J connectivity index is 2.49. The SMILES string of the molecule is COCC(=O)[C@@H](N)Cc1ccccc1. The van der Waals surface area contributed by atoms with E-state index in [-0.39, 0.29) is 12.4 Å². The monoisotopic (exact) mass is 193 g/mol. The summed E-state index contributed by atoms with van der Waals surface area (Å²) >= 11 is 0. The molecule has 0 aromatic heterocycles. The number of ether oxygens (including phenoxy) is 1. The number of carbonyl (C=O) groups excluding carboxylic acids is 1. The molecule has 0 amide bonds. The number of benzene rings is 1. The molecule has 0 aliphatic rings. The molecule has 0 saturated carbocycles. The van der Waals surface area contributed by atoms with Crippen molar-refractivity contribution in [2.75, 3.05) is 13.7 Å². The summed E-state index contributed by atoms with van der Waals surface area (Å²) in [5.74, 6) is -0.0589. The third-order valence-corrected chi connectivity index (χ3v) is 2.00. The van der Waals surface area contributed by atoms with Gasteiger partial charge in [-0.25, -0.2) is 0 Å². The van der Waals surface area contributed by atoms with E-state index in [1.807, 2.05) is 30.3 Å². The van der Waals surface area contributed by atoms with Crippen LogP contribution in [0.4, 0.5) is 0 Å². The summed E-state index contributed by atoms with van der Waals surface area (Å²) in [6.07, 6.45) is 0.572. The molecule has 14 heavy (non-hydrogen) atoms. The predicted octanol–water partition coefficient (Wildman–Crippen LogP) is 0.772. The third-order valence-electron chi connectivity index (χ3n) is 2.00. The molecule has 1 aromatic rings. The summed E-state index contributed by atoms with van der Waals surface area (Å²) in [5, 5.41) is 0. The highest BCUT2D eigenvalue weighted by atomic mass is 16.5. The maximum Gasteiger partial charge on any atom is 0.175 e. The minimum atomic E-state index is -0.461. The van der Waals surface area contributed by atoms with Crippen LogP contribution in [0, 0.1) is 0 Å². The van der Waals surface area contributed by atoms with E-state index in [0.717, 1.165) is 5.56 Å². The zero-order valence-corrected chi connectivity index (χ0v) is 8.27. The zero-order valence-electron chi connectivity index (χ0n) is 8.27. The topological polar surface area (TPSA) is 52.3 Å². The van der Waals surface area contributed by atoms with Crippen LogP contribution >= 0.6 is 0 Å². The van der Waals surface area contributed by atoms with Gasteiger partial charge in [0.25, 0.3) is 0 Å². The number of nitrogens with two attached hydrogens (primary N) is 1. The van der Waals surface area contributed by atoms with E-state index in [1.165, 1.54) is 7.11 Å². The first-order chi connectivity index (χ1) is 6.74. The Hall–Kier alpha value is -1.19. The van der Waals surface area contributed by atoms with Gasteiger partial charge in [-0.15, -0.1) is 0 Å². The highest BCUT2D eigenvalue weighted by Crippen LogP contribution is 2.02. The van der Waals surface area contributed by atoms with Crippen molar-refractivity contribution in [3.8, 4) is 0 Å². The Bertz CT molecular complexity index is 285. The number of ketones is 1. The van der Waals surface area contributed by atoms with Gasteiger partial charge in [0.05, 0.1) is 6.04 Å². The first kappa shape index (κ1) is 10.9. The predicted molar refractivity (Wildman–Crippen MR) is 55.0 cm³/mol. The molecule has 3 nitrogen and oxygen atoms in total. The summed E-state index contributed by atoms with van der Waals surface area (Å²) in [6.45, 7) is 0.0913. The van der Waals surface area contributed by atoms with Gasteiger partial charge in [0.2, 0.25) is 0 Å². The Kier molecular flexibility index (Phi) is 4.29. The van der Waals surface area contributed by atoms with Crippen molar-refractivity contribution in [1.29, 1.82) is 0 Å². The molecule has 0 unspecified atom stereocenters. The maximum absolute atomic E-state index is 11.3. The van der Waals surface area contributed by atoms with E-state index in [0.29, 0.717) is 6.42 Å². The summed E-state index contributed by atoms with van der Waals surface area (Å²) in [6, 6.07) is 9.26. The minimum absolute atomic E-state index is 0.0589. The molecule has 0 aliphatic heterocycles. The highest BCUT2D eigenvalue weighted by molar-refractivity contribution is 5.85. The molecule has 0 spiro atoms. The Morgan fingerprint density at radius 1 is 1.43 bits per heavy atom. The van der Waals surface area contributed by atoms with Gasteiger partial charge in [0, 0.05) is 7.11 Å². The number of rotatable bonds is 5.